The average Bonchev–Trinajstić information content (AvgIpc) is 2.68. The number of para-hydroxylation sites is 1. The van der Waals surface area contributed by atoms with Crippen molar-refractivity contribution >= 4 is 9.84 Å². The van der Waals surface area contributed by atoms with Gasteiger partial charge in [-0.2, -0.15) is 4.98 Å². The van der Waals surface area contributed by atoms with Crippen molar-refractivity contribution in [2.24, 2.45) is 0 Å². The predicted molar refractivity (Wildman–Crippen MR) is 61.6 cm³/mol. The molecule has 0 atom stereocenters. The summed E-state index contributed by atoms with van der Waals surface area (Å²) in [5.41, 5.74) is 0.141. The highest BCUT2D eigenvalue weighted by Crippen LogP contribution is 2.35. The van der Waals surface area contributed by atoms with Crippen LogP contribution in [0.1, 0.15) is 5.82 Å². The number of hydrogen-bond acceptors (Lipinski definition) is 7. The quantitative estimate of drug-likeness (QED) is 0.789. The molecule has 0 unspecified atom stereocenters. The Morgan fingerprint density at radius 3 is 2.72 bits per heavy atom. The van der Waals surface area contributed by atoms with Gasteiger partial charge in [0.25, 0.3) is 5.89 Å². The summed E-state index contributed by atoms with van der Waals surface area (Å²) in [6.07, 6.45) is 1.05. The maximum absolute atomic E-state index is 11.1. The number of rotatable bonds is 3. The fourth-order valence-electron chi connectivity index (χ4n) is 1.36. The van der Waals surface area contributed by atoms with Crippen LogP contribution in [0.15, 0.2) is 22.7 Å². The van der Waals surface area contributed by atoms with Gasteiger partial charge in [-0.25, -0.2) is 8.42 Å². The topological polar surface area (TPSA) is 114 Å². The fraction of sp³-hybridized carbons (Fsp3) is 0.200. The van der Waals surface area contributed by atoms with E-state index in [-0.39, 0.29) is 28.8 Å². The first-order chi connectivity index (χ1) is 8.37. The van der Waals surface area contributed by atoms with Crippen LogP contribution in [0.2, 0.25) is 0 Å². The minimum absolute atomic E-state index is 0.00440. The molecule has 0 aliphatic heterocycles. The lowest BCUT2D eigenvalue weighted by atomic mass is 10.2. The molecule has 0 saturated heterocycles. The second kappa shape index (κ2) is 4.30. The van der Waals surface area contributed by atoms with Gasteiger partial charge < -0.3 is 14.7 Å². The van der Waals surface area contributed by atoms with Crippen molar-refractivity contribution < 1.29 is 23.2 Å². The minimum Gasteiger partial charge on any atom is -0.504 e. The van der Waals surface area contributed by atoms with E-state index in [1.165, 1.54) is 18.2 Å². The van der Waals surface area contributed by atoms with E-state index in [0.717, 1.165) is 6.26 Å². The van der Waals surface area contributed by atoms with Gasteiger partial charge >= 0.3 is 0 Å². The van der Waals surface area contributed by atoms with Crippen LogP contribution in [0.3, 0.4) is 0 Å². The van der Waals surface area contributed by atoms with Crippen LogP contribution in [-0.2, 0) is 15.6 Å². The number of benzene rings is 1. The normalized spacial score (nSPS) is 11.6. The zero-order chi connectivity index (χ0) is 13.3. The van der Waals surface area contributed by atoms with E-state index in [1.807, 2.05) is 0 Å². The molecule has 0 aliphatic carbocycles. The summed E-state index contributed by atoms with van der Waals surface area (Å²) < 4.78 is 26.9. The zero-order valence-corrected chi connectivity index (χ0v) is 10.2. The molecule has 1 heterocycles. The van der Waals surface area contributed by atoms with Crippen molar-refractivity contribution in [3.05, 3.63) is 24.0 Å². The van der Waals surface area contributed by atoms with Crippen LogP contribution in [0, 0.1) is 0 Å². The number of aromatic nitrogens is 2. The average molecular weight is 270 g/mol. The van der Waals surface area contributed by atoms with Gasteiger partial charge in [-0.3, -0.25) is 0 Å². The third-order valence-electron chi connectivity index (χ3n) is 2.10. The Morgan fingerprint density at radius 1 is 1.33 bits per heavy atom. The van der Waals surface area contributed by atoms with Crippen LogP contribution in [0.4, 0.5) is 0 Å². The number of nitrogens with zero attached hydrogens (tertiary/aromatic N) is 2. The molecule has 0 radical (unpaired) electrons. The Labute approximate surface area is 103 Å². The van der Waals surface area contributed by atoms with E-state index in [0.29, 0.717) is 0 Å². The van der Waals surface area contributed by atoms with Gasteiger partial charge in [0.1, 0.15) is 5.75 Å². The lowest BCUT2D eigenvalue weighted by molar-refractivity contribution is 0.396. The monoisotopic (exact) mass is 270 g/mol. The Balaban J connectivity index is 2.38. The van der Waals surface area contributed by atoms with E-state index in [1.54, 1.807) is 0 Å². The van der Waals surface area contributed by atoms with Gasteiger partial charge in [-0.1, -0.05) is 11.2 Å². The third-order valence-corrected chi connectivity index (χ3v) is 2.89. The molecule has 0 bridgehead atoms. The van der Waals surface area contributed by atoms with Gasteiger partial charge in [0.15, 0.2) is 27.2 Å². The highest BCUT2D eigenvalue weighted by Gasteiger charge is 2.17. The standard InChI is InChI=1S/C10H10N2O5S/c1-18(15,16)5-8-11-10(17-12-8)6-3-2-4-7(13)9(6)14/h2-4,13-14H,5H2,1H3. The van der Waals surface area contributed by atoms with E-state index in [2.05, 4.69) is 10.1 Å². The molecular formula is C10H10N2O5S. The Hall–Kier alpha value is -2.09. The first-order valence-corrected chi connectivity index (χ1v) is 6.94. The Kier molecular flexibility index (Phi) is 2.95. The molecule has 18 heavy (non-hydrogen) atoms. The SMILES string of the molecule is CS(=O)(=O)Cc1noc(-c2cccc(O)c2O)n1. The van der Waals surface area contributed by atoms with E-state index >= 15 is 0 Å². The minimum atomic E-state index is -3.26. The number of hydrogen-bond donors (Lipinski definition) is 2. The molecule has 8 heteroatoms. The first-order valence-electron chi connectivity index (χ1n) is 4.88. The maximum atomic E-state index is 11.1. The molecule has 7 nitrogen and oxygen atoms in total. The van der Waals surface area contributed by atoms with Crippen LogP contribution >= 0.6 is 0 Å². The van der Waals surface area contributed by atoms with Gasteiger partial charge in [-0.15, -0.1) is 0 Å². The van der Waals surface area contributed by atoms with Gasteiger partial charge in [-0.05, 0) is 12.1 Å². The summed E-state index contributed by atoms with van der Waals surface area (Å²) >= 11 is 0. The molecule has 2 rings (SSSR count). The molecule has 2 aromatic rings. The van der Waals surface area contributed by atoms with Crippen LogP contribution in [-0.4, -0.2) is 35.0 Å². The van der Waals surface area contributed by atoms with Crippen LogP contribution in [0.5, 0.6) is 11.5 Å². The summed E-state index contributed by atoms with van der Waals surface area (Å²) in [7, 11) is -3.26. The number of phenols is 2. The zero-order valence-electron chi connectivity index (χ0n) is 9.36. The maximum Gasteiger partial charge on any atom is 0.261 e. The molecule has 0 spiro atoms. The number of aromatic hydroxyl groups is 2. The van der Waals surface area contributed by atoms with E-state index in [9.17, 15) is 18.6 Å². The van der Waals surface area contributed by atoms with E-state index < -0.39 is 15.6 Å². The summed E-state index contributed by atoms with van der Waals surface area (Å²) in [6.45, 7) is 0. The number of sulfone groups is 1. The molecule has 0 amide bonds. The van der Waals surface area contributed by atoms with Crippen LogP contribution in [0.25, 0.3) is 11.5 Å². The van der Waals surface area contributed by atoms with Gasteiger partial charge in [0.05, 0.1) is 5.56 Å². The van der Waals surface area contributed by atoms with Crippen molar-refractivity contribution in [1.29, 1.82) is 0 Å². The van der Waals surface area contributed by atoms with Crippen molar-refractivity contribution in [3.63, 3.8) is 0 Å². The lowest BCUT2D eigenvalue weighted by Gasteiger charge is -2.00. The Bertz CT molecular complexity index is 677. The van der Waals surface area contributed by atoms with Gasteiger partial charge in [0.2, 0.25) is 0 Å². The molecule has 1 aromatic carbocycles. The second-order valence-corrected chi connectivity index (χ2v) is 5.90. The van der Waals surface area contributed by atoms with Crippen molar-refractivity contribution in [1.82, 2.24) is 10.1 Å². The largest absolute Gasteiger partial charge is 0.504 e. The summed E-state index contributed by atoms with van der Waals surface area (Å²) in [4.78, 5) is 3.84. The Morgan fingerprint density at radius 2 is 2.06 bits per heavy atom. The summed E-state index contributed by atoms with van der Waals surface area (Å²) in [6, 6.07) is 4.25. The molecule has 0 aliphatic rings. The van der Waals surface area contributed by atoms with Crippen LogP contribution < -0.4 is 0 Å². The van der Waals surface area contributed by atoms with E-state index in [4.69, 9.17) is 4.52 Å². The van der Waals surface area contributed by atoms with Crippen molar-refractivity contribution in [2.75, 3.05) is 6.26 Å². The van der Waals surface area contributed by atoms with Gasteiger partial charge in [0, 0.05) is 6.26 Å². The fourth-order valence-corrected chi connectivity index (χ4v) is 1.95. The number of phenolic OH excluding ortho intramolecular Hbond substituents is 2. The predicted octanol–water partition coefficient (Wildman–Crippen LogP) is 0.692. The first kappa shape index (κ1) is 12.4. The highest BCUT2D eigenvalue weighted by molar-refractivity contribution is 7.89. The molecule has 96 valence electrons. The third kappa shape index (κ3) is 2.59. The highest BCUT2D eigenvalue weighted by atomic mass is 32.2. The summed E-state index contributed by atoms with van der Waals surface area (Å²) in [5, 5.41) is 22.4. The molecule has 1 aromatic heterocycles. The van der Waals surface area contributed by atoms with Crippen molar-refractivity contribution in [2.45, 2.75) is 5.75 Å². The molecular weight excluding hydrogens is 260 g/mol. The molecule has 0 saturated carbocycles. The second-order valence-electron chi connectivity index (χ2n) is 3.76. The smallest absolute Gasteiger partial charge is 0.261 e. The molecule has 0 fully saturated rings. The summed E-state index contributed by atoms with van der Waals surface area (Å²) in [5.74, 6) is -1.13. The van der Waals surface area contributed by atoms with Crippen molar-refractivity contribution in [3.8, 4) is 23.0 Å². The molecule has 2 N–H and O–H groups in total. The lowest BCUT2D eigenvalue weighted by Crippen LogP contribution is -2.02.